The van der Waals surface area contributed by atoms with Crippen molar-refractivity contribution >= 4 is 17.5 Å². The van der Waals surface area contributed by atoms with Crippen LogP contribution in [0.5, 0.6) is 5.75 Å². The van der Waals surface area contributed by atoms with Crippen molar-refractivity contribution in [3.63, 3.8) is 0 Å². The minimum atomic E-state index is 0.0214. The average Bonchev–Trinajstić information content (AvgIpc) is 2.39. The van der Waals surface area contributed by atoms with E-state index >= 15 is 0 Å². The van der Waals surface area contributed by atoms with E-state index in [0.29, 0.717) is 30.2 Å². The van der Waals surface area contributed by atoms with E-state index in [1.54, 1.807) is 14.2 Å². The Kier molecular flexibility index (Phi) is 5.95. The fourth-order valence-corrected chi connectivity index (χ4v) is 2.05. The molecule has 0 fully saturated rings. The highest BCUT2D eigenvalue weighted by atomic mass is 35.5. The molecule has 1 aromatic rings. The quantitative estimate of drug-likeness (QED) is 0.830. The third kappa shape index (κ3) is 3.89. The monoisotopic (exact) mass is 270 g/mol. The van der Waals surface area contributed by atoms with Gasteiger partial charge in [-0.05, 0) is 36.6 Å². The molecular weight excluding hydrogens is 252 g/mol. The molecule has 0 bridgehead atoms. The Hall–Kier alpha value is -1.26. The van der Waals surface area contributed by atoms with E-state index in [1.807, 2.05) is 18.2 Å². The highest BCUT2D eigenvalue weighted by Crippen LogP contribution is 2.29. The standard InChI is InChI=1S/C13H19ClN2O2/c1-16-13(17)6-4-10(8-15)9-3-5-12(18-2)11(14)7-9/h3,5,7,10H,4,6,8,15H2,1-2H3,(H,16,17). The number of ether oxygens (including phenoxy) is 1. The number of rotatable bonds is 6. The van der Waals surface area contributed by atoms with Gasteiger partial charge in [-0.15, -0.1) is 0 Å². The maximum Gasteiger partial charge on any atom is 0.219 e. The lowest BCUT2D eigenvalue weighted by Gasteiger charge is -2.16. The molecule has 1 atom stereocenters. The first-order valence-electron chi connectivity index (χ1n) is 5.86. The van der Waals surface area contributed by atoms with Crippen molar-refractivity contribution in [3.8, 4) is 5.75 Å². The molecule has 0 heterocycles. The highest BCUT2D eigenvalue weighted by molar-refractivity contribution is 6.32. The second-order valence-electron chi connectivity index (χ2n) is 4.04. The Morgan fingerprint density at radius 3 is 2.78 bits per heavy atom. The van der Waals surface area contributed by atoms with Gasteiger partial charge in [0.05, 0.1) is 12.1 Å². The minimum Gasteiger partial charge on any atom is -0.495 e. The highest BCUT2D eigenvalue weighted by Gasteiger charge is 2.13. The Morgan fingerprint density at radius 2 is 2.28 bits per heavy atom. The Bertz CT molecular complexity index is 410. The number of carbonyl (C=O) groups excluding carboxylic acids is 1. The summed E-state index contributed by atoms with van der Waals surface area (Å²) in [5.41, 5.74) is 6.78. The van der Waals surface area contributed by atoms with E-state index < -0.39 is 0 Å². The first-order chi connectivity index (χ1) is 8.62. The molecule has 1 aromatic carbocycles. The minimum absolute atomic E-state index is 0.0214. The van der Waals surface area contributed by atoms with Crippen LogP contribution in [0.3, 0.4) is 0 Å². The fourth-order valence-electron chi connectivity index (χ4n) is 1.79. The molecular formula is C13H19ClN2O2. The Balaban J connectivity index is 2.75. The second kappa shape index (κ2) is 7.24. The third-order valence-electron chi connectivity index (χ3n) is 2.93. The zero-order chi connectivity index (χ0) is 13.5. The molecule has 0 aliphatic carbocycles. The van der Waals surface area contributed by atoms with Gasteiger partial charge in [-0.3, -0.25) is 4.79 Å². The number of carbonyl (C=O) groups is 1. The molecule has 3 N–H and O–H groups in total. The van der Waals surface area contributed by atoms with E-state index in [9.17, 15) is 4.79 Å². The van der Waals surface area contributed by atoms with E-state index in [4.69, 9.17) is 22.1 Å². The van der Waals surface area contributed by atoms with Crippen molar-refractivity contribution in [2.75, 3.05) is 20.7 Å². The smallest absolute Gasteiger partial charge is 0.219 e. The largest absolute Gasteiger partial charge is 0.495 e. The van der Waals surface area contributed by atoms with Crippen LogP contribution in [0.1, 0.15) is 24.3 Å². The van der Waals surface area contributed by atoms with Crippen LogP contribution in [0.25, 0.3) is 0 Å². The van der Waals surface area contributed by atoms with Gasteiger partial charge >= 0.3 is 0 Å². The van der Waals surface area contributed by atoms with Crippen molar-refractivity contribution in [3.05, 3.63) is 28.8 Å². The number of hydrogen-bond donors (Lipinski definition) is 2. The molecule has 1 unspecified atom stereocenters. The van der Waals surface area contributed by atoms with Gasteiger partial charge in [0, 0.05) is 13.5 Å². The third-order valence-corrected chi connectivity index (χ3v) is 3.23. The van der Waals surface area contributed by atoms with Crippen LogP contribution in [0.2, 0.25) is 5.02 Å². The summed E-state index contributed by atoms with van der Waals surface area (Å²) < 4.78 is 5.10. The molecule has 4 nitrogen and oxygen atoms in total. The van der Waals surface area contributed by atoms with Crippen molar-refractivity contribution < 1.29 is 9.53 Å². The molecule has 18 heavy (non-hydrogen) atoms. The summed E-state index contributed by atoms with van der Waals surface area (Å²) in [6.07, 6.45) is 1.17. The van der Waals surface area contributed by atoms with Crippen LogP contribution < -0.4 is 15.8 Å². The number of hydrogen-bond acceptors (Lipinski definition) is 3. The molecule has 0 saturated heterocycles. The lowest BCUT2D eigenvalue weighted by atomic mass is 9.94. The fraction of sp³-hybridized carbons (Fsp3) is 0.462. The van der Waals surface area contributed by atoms with Crippen LogP contribution in [-0.4, -0.2) is 26.6 Å². The SMILES string of the molecule is CNC(=O)CCC(CN)c1ccc(OC)c(Cl)c1. The van der Waals surface area contributed by atoms with Crippen LogP contribution in [0, 0.1) is 0 Å². The van der Waals surface area contributed by atoms with Crippen molar-refractivity contribution in [1.29, 1.82) is 0 Å². The molecule has 1 amide bonds. The second-order valence-corrected chi connectivity index (χ2v) is 4.45. The summed E-state index contributed by atoms with van der Waals surface area (Å²) in [6.45, 7) is 0.486. The molecule has 0 aliphatic heterocycles. The zero-order valence-corrected chi connectivity index (χ0v) is 11.5. The van der Waals surface area contributed by atoms with Gasteiger partial charge in [-0.2, -0.15) is 0 Å². The summed E-state index contributed by atoms with van der Waals surface area (Å²) >= 11 is 6.08. The Labute approximate surface area is 112 Å². The van der Waals surface area contributed by atoms with Crippen molar-refractivity contribution in [2.45, 2.75) is 18.8 Å². The van der Waals surface area contributed by atoms with Crippen molar-refractivity contribution in [2.24, 2.45) is 5.73 Å². The van der Waals surface area contributed by atoms with Gasteiger partial charge in [-0.1, -0.05) is 17.7 Å². The zero-order valence-electron chi connectivity index (χ0n) is 10.7. The van der Waals surface area contributed by atoms with E-state index in [-0.39, 0.29) is 11.8 Å². The molecule has 5 heteroatoms. The lowest BCUT2D eigenvalue weighted by Crippen LogP contribution is -2.20. The topological polar surface area (TPSA) is 64.4 Å². The van der Waals surface area contributed by atoms with Crippen LogP contribution in [0.15, 0.2) is 18.2 Å². The predicted octanol–water partition coefficient (Wildman–Crippen LogP) is 1.92. The summed E-state index contributed by atoms with van der Waals surface area (Å²) in [4.78, 5) is 11.2. The summed E-state index contributed by atoms with van der Waals surface area (Å²) in [5, 5.41) is 3.16. The number of nitrogens with two attached hydrogens (primary N) is 1. The Morgan fingerprint density at radius 1 is 1.56 bits per heavy atom. The number of amides is 1. The number of halogens is 1. The van der Waals surface area contributed by atoms with Crippen LogP contribution in [0.4, 0.5) is 0 Å². The van der Waals surface area contributed by atoms with Gasteiger partial charge in [0.15, 0.2) is 0 Å². The molecule has 1 rings (SSSR count). The maximum absolute atomic E-state index is 11.2. The van der Waals surface area contributed by atoms with Gasteiger partial charge in [-0.25, -0.2) is 0 Å². The number of nitrogens with one attached hydrogen (secondary N) is 1. The van der Waals surface area contributed by atoms with E-state index in [1.165, 1.54) is 0 Å². The summed E-state index contributed by atoms with van der Waals surface area (Å²) in [6, 6.07) is 5.61. The van der Waals surface area contributed by atoms with Gasteiger partial charge in [0.25, 0.3) is 0 Å². The lowest BCUT2D eigenvalue weighted by molar-refractivity contribution is -0.120. The first kappa shape index (κ1) is 14.8. The van der Waals surface area contributed by atoms with Crippen LogP contribution >= 0.6 is 11.6 Å². The first-order valence-corrected chi connectivity index (χ1v) is 6.24. The molecule has 0 spiro atoms. The molecule has 0 aromatic heterocycles. The van der Waals surface area contributed by atoms with Crippen molar-refractivity contribution in [1.82, 2.24) is 5.32 Å². The number of methoxy groups -OCH3 is 1. The van der Waals surface area contributed by atoms with E-state index in [0.717, 1.165) is 5.56 Å². The van der Waals surface area contributed by atoms with Crippen LogP contribution in [-0.2, 0) is 4.79 Å². The number of benzene rings is 1. The van der Waals surface area contributed by atoms with Gasteiger partial charge in [0.2, 0.25) is 5.91 Å². The molecule has 100 valence electrons. The maximum atomic E-state index is 11.2. The average molecular weight is 271 g/mol. The van der Waals surface area contributed by atoms with E-state index in [2.05, 4.69) is 5.32 Å². The normalized spacial score (nSPS) is 12.0. The molecule has 0 aliphatic rings. The summed E-state index contributed by atoms with van der Waals surface area (Å²) in [5.74, 6) is 0.793. The molecule has 0 radical (unpaired) electrons. The van der Waals surface area contributed by atoms with Gasteiger partial charge < -0.3 is 15.8 Å². The predicted molar refractivity (Wildman–Crippen MR) is 73.1 cm³/mol. The van der Waals surface area contributed by atoms with Gasteiger partial charge in [0.1, 0.15) is 5.75 Å². The summed E-state index contributed by atoms with van der Waals surface area (Å²) in [7, 11) is 3.21. The molecule has 0 saturated carbocycles.